The predicted octanol–water partition coefficient (Wildman–Crippen LogP) is 8.93. The first-order chi connectivity index (χ1) is 30.5. The van der Waals surface area contributed by atoms with Gasteiger partial charge in [-0.3, -0.25) is 10.1 Å². The quantitative estimate of drug-likeness (QED) is 0.0305. The normalized spacial score (nSPS) is 11.6. The molecule has 0 aliphatic heterocycles. The summed E-state index contributed by atoms with van der Waals surface area (Å²) in [6.45, 7) is 0.485. The molecular weight excluding hydrogens is 931 g/mol. The summed E-state index contributed by atoms with van der Waals surface area (Å²) in [5, 5.41) is 12.2. The van der Waals surface area contributed by atoms with Crippen LogP contribution < -0.4 is 26.4 Å². The Morgan fingerprint density at radius 2 is 0.646 bits per heavy atom. The first kappa shape index (κ1) is 47.3. The summed E-state index contributed by atoms with van der Waals surface area (Å²) in [6, 6.07) is 20.8. The van der Waals surface area contributed by atoms with Crippen LogP contribution in [0, 0.1) is 126 Å². The second-order valence-corrected chi connectivity index (χ2v) is 13.4. The first-order valence-electron chi connectivity index (χ1n) is 17.3. The number of rotatable bonds is 7. The van der Waals surface area contributed by atoms with Gasteiger partial charge in [-0.2, -0.15) is 0 Å². The molecule has 0 N–H and O–H groups in total. The number of hydrogen-bond donors (Lipinski definition) is 0. The number of nitro groups is 1. The Balaban J connectivity index is 0.000000289. The van der Waals surface area contributed by atoms with Gasteiger partial charge in [0.25, 0.3) is 0 Å². The molecule has 0 saturated carbocycles. The van der Waals surface area contributed by atoms with Crippen molar-refractivity contribution in [3.05, 3.63) is 199 Å². The Morgan fingerprint density at radius 1 is 0.369 bits per heavy atom. The van der Waals surface area contributed by atoms with E-state index >= 15 is 35.1 Å². The average Bonchev–Trinajstić information content (AvgIpc) is 3.29. The molecule has 7 rings (SSSR count). The maximum Gasteiger partial charge on any atom is 0.502 e. The van der Waals surface area contributed by atoms with Crippen molar-refractivity contribution in [2.24, 2.45) is 0 Å². The summed E-state index contributed by atoms with van der Waals surface area (Å²) in [6.07, 6.45) is -7.22. The minimum Gasteiger partial charge on any atom is -0.253 e. The second kappa shape index (κ2) is 17.4. The summed E-state index contributed by atoms with van der Waals surface area (Å²) < 4.78 is 296. The zero-order valence-electron chi connectivity index (χ0n) is 30.9. The van der Waals surface area contributed by atoms with Crippen LogP contribution in [0.2, 0.25) is 0 Å². The van der Waals surface area contributed by atoms with Gasteiger partial charge >= 0.3 is 5.82 Å². The maximum atomic E-state index is 15.4. The van der Waals surface area contributed by atoms with Gasteiger partial charge in [-0.1, -0.05) is 42.5 Å². The van der Waals surface area contributed by atoms with Crippen molar-refractivity contribution in [3.8, 4) is 0 Å². The Kier molecular flexibility index (Phi) is 12.7. The van der Waals surface area contributed by atoms with Crippen molar-refractivity contribution in [3.63, 3.8) is 0 Å². The molecule has 0 fully saturated rings. The SMILES string of the molecule is Fc1c(F)c(F)c([B-](c2c(F)c(F)c(F)c(F)c2F)(c2c(F)c(F)c(F)c(F)c2F)c2c(F)c(F)c(F)c(F)c2F)c(F)c1F.O=[N+]([O-])c1ccc2ccccc2[n+]1Cc1ccccc1. The monoisotopic (exact) mass is 944 g/mol. The van der Waals surface area contributed by atoms with E-state index in [1.165, 1.54) is 0 Å². The fourth-order valence-corrected chi connectivity index (χ4v) is 7.22. The van der Waals surface area contributed by atoms with E-state index in [4.69, 9.17) is 0 Å². The summed E-state index contributed by atoms with van der Waals surface area (Å²) in [7, 11) is 0. The molecule has 4 nitrogen and oxygen atoms in total. The molecule has 7 aromatic rings. The lowest BCUT2D eigenvalue weighted by Gasteiger charge is -2.44. The number of halogens is 20. The summed E-state index contributed by atoms with van der Waals surface area (Å²) in [5.41, 5.74) is -12.4. The number of benzene rings is 6. The highest BCUT2D eigenvalue weighted by atomic mass is 19.2. The highest BCUT2D eigenvalue weighted by molar-refractivity contribution is 7.20. The molecule has 1 heterocycles. The molecule has 0 bridgehead atoms. The zero-order valence-corrected chi connectivity index (χ0v) is 30.9. The summed E-state index contributed by atoms with van der Waals surface area (Å²) in [5.74, 6) is -71.3. The molecule has 0 unspecified atom stereocenters. The van der Waals surface area contributed by atoms with Gasteiger partial charge in [0.05, 0.1) is 6.07 Å². The molecular formula is C40H13BF20N2O2. The molecule has 0 saturated heterocycles. The van der Waals surface area contributed by atoms with Crippen molar-refractivity contribution in [2.45, 2.75) is 6.54 Å². The lowest BCUT2D eigenvalue weighted by molar-refractivity contribution is -0.708. The van der Waals surface area contributed by atoms with Crippen LogP contribution in [0.4, 0.5) is 93.6 Å². The van der Waals surface area contributed by atoms with Gasteiger partial charge in [-0.25, -0.2) is 87.8 Å². The highest BCUT2D eigenvalue weighted by Crippen LogP contribution is 2.31. The third kappa shape index (κ3) is 7.30. The third-order valence-electron chi connectivity index (χ3n) is 9.99. The maximum absolute atomic E-state index is 15.4. The van der Waals surface area contributed by atoms with Crippen LogP contribution in [0.25, 0.3) is 10.9 Å². The van der Waals surface area contributed by atoms with Crippen molar-refractivity contribution >= 4 is 44.7 Å². The summed E-state index contributed by atoms with van der Waals surface area (Å²) in [4.78, 5) is 10.9. The van der Waals surface area contributed by atoms with Gasteiger partial charge in [0.1, 0.15) is 57.6 Å². The number of pyridine rings is 1. The van der Waals surface area contributed by atoms with Crippen LogP contribution in [0.3, 0.4) is 0 Å². The second-order valence-electron chi connectivity index (χ2n) is 13.4. The molecule has 65 heavy (non-hydrogen) atoms. The molecule has 0 aliphatic rings. The Labute approximate surface area is 347 Å². The molecule has 25 heteroatoms. The largest absolute Gasteiger partial charge is 0.502 e. The van der Waals surface area contributed by atoms with E-state index in [1.807, 2.05) is 54.6 Å². The summed E-state index contributed by atoms with van der Waals surface area (Å²) >= 11 is 0. The van der Waals surface area contributed by atoms with E-state index in [1.54, 1.807) is 16.7 Å². The molecule has 1 aromatic heterocycles. The van der Waals surface area contributed by atoms with Crippen molar-refractivity contribution < 1.29 is 97.3 Å². The fraction of sp³-hybridized carbons (Fsp3) is 0.0250. The van der Waals surface area contributed by atoms with Crippen LogP contribution >= 0.6 is 0 Å². The van der Waals surface area contributed by atoms with Gasteiger partial charge in [0.2, 0.25) is 5.52 Å². The van der Waals surface area contributed by atoms with Crippen LogP contribution in [-0.4, -0.2) is 11.1 Å². The number of nitrogens with zero attached hydrogens (tertiary/aromatic N) is 2. The van der Waals surface area contributed by atoms with Crippen molar-refractivity contribution in [2.75, 3.05) is 0 Å². The first-order valence-corrected chi connectivity index (χ1v) is 17.3. The van der Waals surface area contributed by atoms with Gasteiger partial charge in [-0.15, -0.1) is 26.4 Å². The minimum absolute atomic E-state index is 0.104. The lowest BCUT2D eigenvalue weighted by atomic mass is 9.12. The molecule has 338 valence electrons. The lowest BCUT2D eigenvalue weighted by Crippen LogP contribution is -2.81. The van der Waals surface area contributed by atoms with Crippen LogP contribution in [0.1, 0.15) is 5.56 Å². The Bertz CT molecular complexity index is 2740. The van der Waals surface area contributed by atoms with Gasteiger partial charge in [0, 0.05) is 17.0 Å². The van der Waals surface area contributed by atoms with E-state index in [0.717, 1.165) is 16.5 Å². The molecule has 0 aliphatic carbocycles. The van der Waals surface area contributed by atoms with Crippen molar-refractivity contribution in [1.82, 2.24) is 0 Å². The van der Waals surface area contributed by atoms with Gasteiger partial charge in [-0.05, 0) is 12.1 Å². The Morgan fingerprint density at radius 3 is 0.954 bits per heavy atom. The fourth-order valence-electron chi connectivity index (χ4n) is 7.22. The minimum atomic E-state index is -7.22. The highest BCUT2D eigenvalue weighted by Gasteiger charge is 2.52. The van der Waals surface area contributed by atoms with Crippen LogP contribution in [0.15, 0.2) is 66.7 Å². The molecule has 0 atom stereocenters. The number of hydrogen-bond acceptors (Lipinski definition) is 2. The smallest absolute Gasteiger partial charge is 0.253 e. The molecule has 0 spiro atoms. The molecule has 0 amide bonds. The third-order valence-corrected chi connectivity index (χ3v) is 9.99. The molecule has 0 radical (unpaired) electrons. The number of aromatic nitrogens is 1. The Hall–Kier alpha value is -7.21. The number of fused-ring (bicyclic) bond motifs is 1. The standard InChI is InChI=1S/C24BF20.C16H13N2O2/c26-5-1(6(27)14(35)21(42)13(5)34)25(2-7(28)15(36)22(43)16(37)8(2)29,3-9(30)17(38)23(44)18(39)10(3)31)4-11(32)19(40)24(45)20(41)12(4)33;19-18(20)16-11-10-14-8-4-5-9-15(14)17(16)12-13-6-2-1-3-7-13/h;1-11H,12H2/q-1;+1. The van der Waals surface area contributed by atoms with Crippen molar-refractivity contribution in [1.29, 1.82) is 0 Å². The van der Waals surface area contributed by atoms with Crippen LogP contribution in [0.5, 0.6) is 0 Å². The van der Waals surface area contributed by atoms with E-state index in [2.05, 4.69) is 0 Å². The van der Waals surface area contributed by atoms with Gasteiger partial charge < -0.3 is 0 Å². The average molecular weight is 944 g/mol. The van der Waals surface area contributed by atoms with E-state index < -0.39 is 144 Å². The van der Waals surface area contributed by atoms with E-state index in [0.29, 0.717) is 6.54 Å². The van der Waals surface area contributed by atoms with E-state index in [9.17, 15) is 62.8 Å². The van der Waals surface area contributed by atoms with Crippen LogP contribution in [-0.2, 0) is 6.54 Å². The number of para-hydroxylation sites is 1. The van der Waals surface area contributed by atoms with Gasteiger partial charge in [0.15, 0.2) is 76.4 Å². The predicted molar refractivity (Wildman–Crippen MR) is 186 cm³/mol. The van der Waals surface area contributed by atoms with E-state index in [-0.39, 0.29) is 10.7 Å². The molecule has 6 aromatic carbocycles. The topological polar surface area (TPSA) is 47.0 Å². The zero-order chi connectivity index (χ0) is 48.3.